The predicted molar refractivity (Wildman–Crippen MR) is 71.2 cm³/mol. The standard InChI is InChI=1S/C14H11BrF3N/c1-7-6-8(2-4-10(7)16)14(19)9-3-5-11(17)13(18)12(9)15/h2-6,14H,19H2,1H3. The van der Waals surface area contributed by atoms with Crippen molar-refractivity contribution in [3.05, 3.63) is 68.9 Å². The van der Waals surface area contributed by atoms with E-state index < -0.39 is 17.7 Å². The largest absolute Gasteiger partial charge is 0.320 e. The van der Waals surface area contributed by atoms with Crippen molar-refractivity contribution in [3.8, 4) is 0 Å². The van der Waals surface area contributed by atoms with Crippen LogP contribution in [0.4, 0.5) is 13.2 Å². The second-order valence-corrected chi connectivity index (χ2v) is 5.04. The first-order valence-electron chi connectivity index (χ1n) is 5.57. The summed E-state index contributed by atoms with van der Waals surface area (Å²) in [6.07, 6.45) is 0. The van der Waals surface area contributed by atoms with Gasteiger partial charge in [0.1, 0.15) is 5.82 Å². The highest BCUT2D eigenvalue weighted by Crippen LogP contribution is 2.30. The van der Waals surface area contributed by atoms with E-state index in [0.29, 0.717) is 16.7 Å². The molecule has 19 heavy (non-hydrogen) atoms. The van der Waals surface area contributed by atoms with E-state index in [1.54, 1.807) is 13.0 Å². The van der Waals surface area contributed by atoms with Gasteiger partial charge in [-0.25, -0.2) is 13.2 Å². The van der Waals surface area contributed by atoms with Crippen LogP contribution in [0.15, 0.2) is 34.8 Å². The maximum absolute atomic E-state index is 13.5. The molecule has 2 rings (SSSR count). The maximum Gasteiger partial charge on any atom is 0.173 e. The van der Waals surface area contributed by atoms with Crippen LogP contribution in [0.5, 0.6) is 0 Å². The lowest BCUT2D eigenvalue weighted by Crippen LogP contribution is -2.14. The smallest absolute Gasteiger partial charge is 0.173 e. The summed E-state index contributed by atoms with van der Waals surface area (Å²) in [5.41, 5.74) is 7.50. The second kappa shape index (κ2) is 5.35. The van der Waals surface area contributed by atoms with Crippen LogP contribution >= 0.6 is 15.9 Å². The Balaban J connectivity index is 2.47. The quantitative estimate of drug-likeness (QED) is 0.820. The molecular formula is C14H11BrF3N. The van der Waals surface area contributed by atoms with Crippen molar-refractivity contribution in [2.75, 3.05) is 0 Å². The number of benzene rings is 2. The van der Waals surface area contributed by atoms with E-state index in [1.807, 2.05) is 0 Å². The lowest BCUT2D eigenvalue weighted by atomic mass is 9.98. The molecule has 0 aliphatic heterocycles. The molecule has 2 aromatic rings. The molecule has 1 atom stereocenters. The molecule has 2 aromatic carbocycles. The van der Waals surface area contributed by atoms with Gasteiger partial charge in [0.05, 0.1) is 10.5 Å². The van der Waals surface area contributed by atoms with E-state index in [4.69, 9.17) is 5.73 Å². The highest BCUT2D eigenvalue weighted by atomic mass is 79.9. The minimum absolute atomic E-state index is 0.0121. The third-order valence-electron chi connectivity index (χ3n) is 2.94. The molecule has 0 saturated carbocycles. The zero-order chi connectivity index (χ0) is 14.2. The SMILES string of the molecule is Cc1cc(C(N)c2ccc(F)c(F)c2Br)ccc1F. The molecule has 2 N–H and O–H groups in total. The van der Waals surface area contributed by atoms with Crippen molar-refractivity contribution < 1.29 is 13.2 Å². The Hall–Kier alpha value is -1.33. The molecule has 0 radical (unpaired) electrons. The van der Waals surface area contributed by atoms with Crippen LogP contribution in [0.2, 0.25) is 0 Å². The molecule has 0 bridgehead atoms. The van der Waals surface area contributed by atoms with Gasteiger partial charge >= 0.3 is 0 Å². The molecule has 0 aliphatic rings. The van der Waals surface area contributed by atoms with Gasteiger partial charge in [0.25, 0.3) is 0 Å². The minimum atomic E-state index is -0.980. The third kappa shape index (κ3) is 2.67. The van der Waals surface area contributed by atoms with Crippen LogP contribution in [0.25, 0.3) is 0 Å². The molecule has 100 valence electrons. The molecule has 0 aliphatic carbocycles. The molecular weight excluding hydrogens is 319 g/mol. The number of aryl methyl sites for hydroxylation is 1. The van der Waals surface area contributed by atoms with Crippen molar-refractivity contribution in [2.45, 2.75) is 13.0 Å². The van der Waals surface area contributed by atoms with Gasteiger partial charge in [0, 0.05) is 0 Å². The normalized spacial score (nSPS) is 12.5. The Morgan fingerprint density at radius 2 is 1.68 bits per heavy atom. The van der Waals surface area contributed by atoms with Gasteiger partial charge in [-0.15, -0.1) is 0 Å². The minimum Gasteiger partial charge on any atom is -0.320 e. The fourth-order valence-corrected chi connectivity index (χ4v) is 2.39. The van der Waals surface area contributed by atoms with Gasteiger partial charge in [-0.3, -0.25) is 0 Å². The van der Waals surface area contributed by atoms with E-state index in [2.05, 4.69) is 15.9 Å². The summed E-state index contributed by atoms with van der Waals surface area (Å²) in [7, 11) is 0. The van der Waals surface area contributed by atoms with Crippen LogP contribution in [0, 0.1) is 24.4 Å². The summed E-state index contributed by atoms with van der Waals surface area (Å²) < 4.78 is 39.7. The van der Waals surface area contributed by atoms with Gasteiger partial charge in [0.2, 0.25) is 0 Å². The summed E-state index contributed by atoms with van der Waals surface area (Å²) in [4.78, 5) is 0. The van der Waals surface area contributed by atoms with Crippen LogP contribution in [0.3, 0.4) is 0 Å². The molecule has 0 amide bonds. The van der Waals surface area contributed by atoms with Crippen LogP contribution in [-0.2, 0) is 0 Å². The Labute approximate surface area is 117 Å². The van der Waals surface area contributed by atoms with E-state index in [1.165, 1.54) is 18.2 Å². The fraction of sp³-hybridized carbons (Fsp3) is 0.143. The summed E-state index contributed by atoms with van der Waals surface area (Å²) in [6, 6.07) is 6.19. The highest BCUT2D eigenvalue weighted by molar-refractivity contribution is 9.10. The topological polar surface area (TPSA) is 26.0 Å². The first-order valence-corrected chi connectivity index (χ1v) is 6.36. The predicted octanol–water partition coefficient (Wildman–Crippen LogP) is 4.22. The monoisotopic (exact) mass is 329 g/mol. The molecule has 0 heterocycles. The van der Waals surface area contributed by atoms with Crippen LogP contribution < -0.4 is 5.73 Å². The number of rotatable bonds is 2. The molecule has 1 unspecified atom stereocenters. The summed E-state index contributed by atoms with van der Waals surface area (Å²) in [5, 5.41) is 0. The molecule has 0 spiro atoms. The van der Waals surface area contributed by atoms with Crippen LogP contribution in [-0.4, -0.2) is 0 Å². The van der Waals surface area contributed by atoms with Crippen molar-refractivity contribution in [1.29, 1.82) is 0 Å². The Bertz CT molecular complexity index is 628. The van der Waals surface area contributed by atoms with Crippen molar-refractivity contribution in [2.24, 2.45) is 5.73 Å². The van der Waals surface area contributed by atoms with E-state index in [-0.39, 0.29) is 10.3 Å². The zero-order valence-corrected chi connectivity index (χ0v) is 11.6. The first-order chi connectivity index (χ1) is 8.91. The lowest BCUT2D eigenvalue weighted by Gasteiger charge is -2.15. The summed E-state index contributed by atoms with van der Waals surface area (Å²) in [6.45, 7) is 1.62. The molecule has 0 saturated heterocycles. The fourth-order valence-electron chi connectivity index (χ4n) is 1.82. The van der Waals surface area contributed by atoms with Gasteiger partial charge < -0.3 is 5.73 Å². The number of nitrogens with two attached hydrogens (primary N) is 1. The van der Waals surface area contributed by atoms with Crippen molar-refractivity contribution in [1.82, 2.24) is 0 Å². The molecule has 0 aromatic heterocycles. The third-order valence-corrected chi connectivity index (χ3v) is 3.75. The maximum atomic E-state index is 13.5. The first kappa shape index (κ1) is 14.1. The average Bonchev–Trinajstić information content (AvgIpc) is 2.39. The lowest BCUT2D eigenvalue weighted by molar-refractivity contribution is 0.501. The number of halogens is 4. The Morgan fingerprint density at radius 3 is 2.32 bits per heavy atom. The molecule has 0 fully saturated rings. The molecule has 1 nitrogen and oxygen atoms in total. The van der Waals surface area contributed by atoms with Gasteiger partial charge in [-0.2, -0.15) is 0 Å². The highest BCUT2D eigenvalue weighted by Gasteiger charge is 2.18. The molecule has 5 heteroatoms. The Kier molecular flexibility index (Phi) is 3.96. The van der Waals surface area contributed by atoms with Gasteiger partial charge in [0.15, 0.2) is 11.6 Å². The van der Waals surface area contributed by atoms with E-state index in [9.17, 15) is 13.2 Å². The van der Waals surface area contributed by atoms with E-state index >= 15 is 0 Å². The number of hydrogen-bond acceptors (Lipinski definition) is 1. The van der Waals surface area contributed by atoms with Gasteiger partial charge in [-0.05, 0) is 51.7 Å². The number of hydrogen-bond donors (Lipinski definition) is 1. The van der Waals surface area contributed by atoms with Crippen molar-refractivity contribution >= 4 is 15.9 Å². The average molecular weight is 330 g/mol. The van der Waals surface area contributed by atoms with E-state index in [0.717, 1.165) is 6.07 Å². The zero-order valence-electron chi connectivity index (χ0n) is 10.1. The van der Waals surface area contributed by atoms with Gasteiger partial charge in [-0.1, -0.05) is 18.2 Å². The Morgan fingerprint density at radius 1 is 1.05 bits per heavy atom. The summed E-state index contributed by atoms with van der Waals surface area (Å²) in [5.74, 6) is -2.26. The van der Waals surface area contributed by atoms with Crippen molar-refractivity contribution in [3.63, 3.8) is 0 Å². The van der Waals surface area contributed by atoms with Crippen LogP contribution in [0.1, 0.15) is 22.7 Å². The summed E-state index contributed by atoms with van der Waals surface area (Å²) >= 11 is 2.99. The second-order valence-electron chi connectivity index (χ2n) is 4.25.